The van der Waals surface area contributed by atoms with E-state index < -0.39 is 10.0 Å². The molecule has 31 heavy (non-hydrogen) atoms. The predicted molar refractivity (Wildman–Crippen MR) is 118 cm³/mol. The first-order valence-electron chi connectivity index (χ1n) is 10.2. The van der Waals surface area contributed by atoms with Gasteiger partial charge in [-0.15, -0.1) is 11.3 Å². The van der Waals surface area contributed by atoms with Crippen LogP contribution in [0.15, 0.2) is 33.9 Å². The molecule has 166 valence electrons. The average molecular weight is 463 g/mol. The fourth-order valence-electron chi connectivity index (χ4n) is 3.98. The lowest BCUT2D eigenvalue weighted by Crippen LogP contribution is -2.38. The summed E-state index contributed by atoms with van der Waals surface area (Å²) in [4.78, 5) is 16.5. The van der Waals surface area contributed by atoms with Crippen LogP contribution in [0.2, 0.25) is 0 Å². The molecule has 10 heteroatoms. The number of nitrogens with zero attached hydrogens (tertiary/aromatic N) is 4. The van der Waals surface area contributed by atoms with Gasteiger partial charge in [0.1, 0.15) is 15.6 Å². The molecule has 8 nitrogen and oxygen atoms in total. The zero-order valence-electron chi connectivity index (χ0n) is 18.1. The maximum atomic E-state index is 13.5. The second-order valence-electron chi connectivity index (χ2n) is 7.76. The second kappa shape index (κ2) is 8.25. The van der Waals surface area contributed by atoms with Gasteiger partial charge in [-0.05, 0) is 51.8 Å². The molecule has 4 rings (SSSR count). The second-order valence-corrected chi connectivity index (χ2v) is 10.8. The molecule has 0 radical (unpaired) electrons. The number of aryl methyl sites for hydroxylation is 3. The summed E-state index contributed by atoms with van der Waals surface area (Å²) in [6.45, 7) is 8.64. The summed E-state index contributed by atoms with van der Waals surface area (Å²) in [5.74, 6) is 0.234. The summed E-state index contributed by atoms with van der Waals surface area (Å²) in [5, 5.41) is 4.68. The van der Waals surface area contributed by atoms with E-state index in [-0.39, 0.29) is 23.1 Å². The Kier molecular flexibility index (Phi) is 5.80. The van der Waals surface area contributed by atoms with E-state index in [2.05, 4.69) is 5.16 Å². The number of hydrogen-bond donors (Lipinski definition) is 0. The molecule has 0 saturated carbocycles. The Morgan fingerprint density at radius 3 is 2.42 bits per heavy atom. The minimum Gasteiger partial charge on any atom is -0.360 e. The molecule has 1 aliphatic rings. The lowest BCUT2D eigenvalue weighted by Gasteiger charge is -2.22. The quantitative estimate of drug-likeness (QED) is 0.594. The summed E-state index contributed by atoms with van der Waals surface area (Å²) in [6, 6.07) is 3.87. The molecule has 1 aliphatic heterocycles. The molecule has 3 aromatic heterocycles. The normalized spacial score (nSPS) is 15.9. The zero-order chi connectivity index (χ0) is 22.3. The molecule has 0 aromatic carbocycles. The van der Waals surface area contributed by atoms with Crippen LogP contribution in [-0.4, -0.2) is 59.4 Å². The van der Waals surface area contributed by atoms with Gasteiger partial charge in [0.15, 0.2) is 5.76 Å². The van der Waals surface area contributed by atoms with Crippen molar-refractivity contribution in [2.24, 2.45) is 0 Å². The Bertz CT molecular complexity index is 1190. The molecule has 0 bridgehead atoms. The Balaban J connectivity index is 1.59. The van der Waals surface area contributed by atoms with E-state index in [4.69, 9.17) is 4.52 Å². The highest BCUT2D eigenvalue weighted by Gasteiger charge is 2.34. The Hall–Kier alpha value is -2.43. The third kappa shape index (κ3) is 3.83. The van der Waals surface area contributed by atoms with Crippen molar-refractivity contribution in [1.82, 2.24) is 18.9 Å². The van der Waals surface area contributed by atoms with Crippen LogP contribution < -0.4 is 0 Å². The molecule has 4 heterocycles. The van der Waals surface area contributed by atoms with Crippen LogP contribution in [0.1, 0.15) is 38.7 Å². The SMILES string of the molecule is Cc1noc(C)c1S(=O)(=O)N1CCCN(C(=O)c2c(-n3cccc3)sc(C)c2C)CC1. The summed E-state index contributed by atoms with van der Waals surface area (Å²) in [5.41, 5.74) is 2.03. The van der Waals surface area contributed by atoms with Crippen molar-refractivity contribution in [3.63, 3.8) is 0 Å². The highest BCUT2D eigenvalue weighted by molar-refractivity contribution is 7.89. The van der Waals surface area contributed by atoms with Gasteiger partial charge in [0, 0.05) is 43.4 Å². The van der Waals surface area contributed by atoms with Crippen molar-refractivity contribution in [3.8, 4) is 5.00 Å². The van der Waals surface area contributed by atoms with Crippen LogP contribution in [0, 0.1) is 27.7 Å². The lowest BCUT2D eigenvalue weighted by atomic mass is 10.1. The van der Waals surface area contributed by atoms with Crippen LogP contribution >= 0.6 is 11.3 Å². The molecule has 0 atom stereocenters. The van der Waals surface area contributed by atoms with Crippen molar-refractivity contribution in [3.05, 3.63) is 52.0 Å². The zero-order valence-corrected chi connectivity index (χ0v) is 19.7. The molecular formula is C21H26N4O4S2. The van der Waals surface area contributed by atoms with Gasteiger partial charge in [-0.2, -0.15) is 4.31 Å². The fraction of sp³-hybridized carbons (Fsp3) is 0.429. The van der Waals surface area contributed by atoms with Crippen LogP contribution in [-0.2, 0) is 10.0 Å². The van der Waals surface area contributed by atoms with E-state index in [1.165, 1.54) is 4.31 Å². The van der Waals surface area contributed by atoms with E-state index in [0.29, 0.717) is 37.3 Å². The first-order valence-corrected chi connectivity index (χ1v) is 12.4. The number of hydrogen-bond acceptors (Lipinski definition) is 6. The first kappa shape index (κ1) is 21.8. The summed E-state index contributed by atoms with van der Waals surface area (Å²) < 4.78 is 34.8. The lowest BCUT2D eigenvalue weighted by molar-refractivity contribution is 0.0764. The third-order valence-electron chi connectivity index (χ3n) is 5.73. The van der Waals surface area contributed by atoms with Crippen LogP contribution in [0.25, 0.3) is 5.00 Å². The first-order chi connectivity index (χ1) is 14.7. The van der Waals surface area contributed by atoms with E-state index in [0.717, 1.165) is 15.4 Å². The van der Waals surface area contributed by atoms with Gasteiger partial charge < -0.3 is 14.0 Å². The summed E-state index contributed by atoms with van der Waals surface area (Å²) in [7, 11) is -3.73. The summed E-state index contributed by atoms with van der Waals surface area (Å²) in [6.07, 6.45) is 4.43. The Morgan fingerprint density at radius 1 is 1.06 bits per heavy atom. The van der Waals surface area contributed by atoms with Crippen molar-refractivity contribution >= 4 is 27.3 Å². The van der Waals surface area contributed by atoms with Gasteiger partial charge in [0.05, 0.1) is 5.56 Å². The van der Waals surface area contributed by atoms with Crippen molar-refractivity contribution < 1.29 is 17.7 Å². The number of aromatic nitrogens is 2. The van der Waals surface area contributed by atoms with Gasteiger partial charge in [-0.3, -0.25) is 4.79 Å². The molecule has 1 saturated heterocycles. The monoisotopic (exact) mass is 462 g/mol. The molecule has 0 N–H and O–H groups in total. The standard InChI is InChI=1S/C21H26N4O4S2/c1-14-17(4)30-21(24-8-5-6-9-24)18(14)20(26)23-10-7-11-25(13-12-23)31(27,28)19-15(2)22-29-16(19)3/h5-6,8-9H,7,10-13H2,1-4H3. The highest BCUT2D eigenvalue weighted by Crippen LogP contribution is 2.32. The summed E-state index contributed by atoms with van der Waals surface area (Å²) >= 11 is 1.59. The van der Waals surface area contributed by atoms with Gasteiger partial charge in [0.25, 0.3) is 5.91 Å². The van der Waals surface area contributed by atoms with Crippen molar-refractivity contribution in [2.45, 2.75) is 39.0 Å². The largest absolute Gasteiger partial charge is 0.360 e. The number of thiophene rings is 1. The third-order valence-corrected chi connectivity index (χ3v) is 9.09. The molecule has 1 amide bonds. The van der Waals surface area contributed by atoms with Gasteiger partial charge in [0.2, 0.25) is 10.0 Å². The number of carbonyl (C=O) groups excluding carboxylic acids is 1. The maximum Gasteiger partial charge on any atom is 0.257 e. The van der Waals surface area contributed by atoms with Gasteiger partial charge in [-0.1, -0.05) is 5.16 Å². The van der Waals surface area contributed by atoms with Crippen molar-refractivity contribution in [1.29, 1.82) is 0 Å². The van der Waals surface area contributed by atoms with Gasteiger partial charge in [-0.25, -0.2) is 8.42 Å². The minimum atomic E-state index is -3.73. The smallest absolute Gasteiger partial charge is 0.257 e. The minimum absolute atomic E-state index is 0.0536. The number of amides is 1. The maximum absolute atomic E-state index is 13.5. The van der Waals surface area contributed by atoms with E-state index >= 15 is 0 Å². The highest BCUT2D eigenvalue weighted by atomic mass is 32.2. The number of rotatable bonds is 4. The average Bonchev–Trinajstić information content (AvgIpc) is 3.37. The molecule has 0 unspecified atom stereocenters. The van der Waals surface area contributed by atoms with E-state index in [1.54, 1.807) is 30.1 Å². The van der Waals surface area contributed by atoms with Crippen LogP contribution in [0.3, 0.4) is 0 Å². The van der Waals surface area contributed by atoms with Crippen LogP contribution in [0.5, 0.6) is 0 Å². The molecule has 0 spiro atoms. The molecule has 3 aromatic rings. The fourth-order valence-corrected chi connectivity index (χ4v) is 6.86. The molecular weight excluding hydrogens is 436 g/mol. The Labute approximate surface area is 186 Å². The molecule has 1 fully saturated rings. The van der Waals surface area contributed by atoms with Gasteiger partial charge >= 0.3 is 0 Å². The molecule has 0 aliphatic carbocycles. The number of carbonyl (C=O) groups is 1. The van der Waals surface area contributed by atoms with Crippen molar-refractivity contribution in [2.75, 3.05) is 26.2 Å². The Morgan fingerprint density at radius 2 is 1.77 bits per heavy atom. The predicted octanol–water partition coefficient (Wildman–Crippen LogP) is 3.30. The van der Waals surface area contributed by atoms with E-state index in [1.807, 2.05) is 42.9 Å². The number of sulfonamides is 1. The topological polar surface area (TPSA) is 88.7 Å². The van der Waals surface area contributed by atoms with E-state index in [9.17, 15) is 13.2 Å². The van der Waals surface area contributed by atoms with Crippen LogP contribution in [0.4, 0.5) is 0 Å².